The number of benzene rings is 1. The highest BCUT2D eigenvalue weighted by molar-refractivity contribution is 6.31. The van der Waals surface area contributed by atoms with Gasteiger partial charge in [-0.05, 0) is 36.6 Å². The molecule has 0 radical (unpaired) electrons. The first-order valence-corrected chi connectivity index (χ1v) is 7.33. The first-order valence-electron chi connectivity index (χ1n) is 6.95. The van der Waals surface area contributed by atoms with Crippen LogP contribution in [0.3, 0.4) is 0 Å². The largest absolute Gasteiger partial charge is 0.272 e. The van der Waals surface area contributed by atoms with Crippen LogP contribution in [0.1, 0.15) is 23.9 Å². The standard InChI is InChI=1S/C15H20ClFN4/c1-3-12-8-14(21(2)20-12)9-13(19-18)6-10-4-5-11(17)7-15(10)16/h4-5,7-8,13,19H,3,6,9,18H2,1-2H3. The van der Waals surface area contributed by atoms with E-state index in [0.717, 1.165) is 29.8 Å². The van der Waals surface area contributed by atoms with Crippen molar-refractivity contribution < 1.29 is 4.39 Å². The quantitative estimate of drug-likeness (QED) is 0.636. The molecular formula is C15H20ClFN4. The van der Waals surface area contributed by atoms with Crippen molar-refractivity contribution in [2.45, 2.75) is 32.2 Å². The van der Waals surface area contributed by atoms with Crippen molar-refractivity contribution in [2.75, 3.05) is 0 Å². The van der Waals surface area contributed by atoms with Gasteiger partial charge in [-0.2, -0.15) is 5.10 Å². The average Bonchev–Trinajstić information content (AvgIpc) is 2.81. The monoisotopic (exact) mass is 310 g/mol. The number of nitrogens with one attached hydrogen (secondary N) is 1. The molecule has 0 amide bonds. The fourth-order valence-corrected chi connectivity index (χ4v) is 2.57. The number of hydrogen-bond donors (Lipinski definition) is 2. The molecule has 0 fully saturated rings. The molecule has 4 nitrogen and oxygen atoms in total. The van der Waals surface area contributed by atoms with Crippen LogP contribution < -0.4 is 11.3 Å². The molecule has 2 aromatic rings. The summed E-state index contributed by atoms with van der Waals surface area (Å²) in [6.45, 7) is 2.07. The van der Waals surface area contributed by atoms with E-state index < -0.39 is 0 Å². The lowest BCUT2D eigenvalue weighted by Gasteiger charge is -2.16. The summed E-state index contributed by atoms with van der Waals surface area (Å²) in [5, 5.41) is 4.85. The number of aryl methyl sites for hydroxylation is 2. The molecule has 0 bridgehead atoms. The minimum absolute atomic E-state index is 0.00747. The molecule has 0 aliphatic rings. The Labute approximate surface area is 129 Å². The second-order valence-electron chi connectivity index (χ2n) is 5.11. The summed E-state index contributed by atoms with van der Waals surface area (Å²) in [4.78, 5) is 0. The van der Waals surface area contributed by atoms with Gasteiger partial charge in [0, 0.05) is 30.2 Å². The summed E-state index contributed by atoms with van der Waals surface area (Å²) < 4.78 is 14.9. The zero-order valence-electron chi connectivity index (χ0n) is 12.2. The van der Waals surface area contributed by atoms with Gasteiger partial charge in [0.25, 0.3) is 0 Å². The second-order valence-corrected chi connectivity index (χ2v) is 5.52. The highest BCUT2D eigenvalue weighted by atomic mass is 35.5. The van der Waals surface area contributed by atoms with Gasteiger partial charge < -0.3 is 0 Å². The lowest BCUT2D eigenvalue weighted by molar-refractivity contribution is 0.504. The summed E-state index contributed by atoms with van der Waals surface area (Å²) in [5.74, 6) is 5.31. The molecule has 1 atom stereocenters. The SMILES string of the molecule is CCc1cc(CC(Cc2ccc(F)cc2Cl)NN)n(C)n1. The normalized spacial score (nSPS) is 12.6. The highest BCUT2D eigenvalue weighted by Crippen LogP contribution is 2.20. The van der Waals surface area contributed by atoms with Gasteiger partial charge in [-0.1, -0.05) is 24.6 Å². The zero-order valence-corrected chi connectivity index (χ0v) is 13.0. The molecule has 0 spiro atoms. The van der Waals surface area contributed by atoms with Crippen LogP contribution in [0.5, 0.6) is 0 Å². The van der Waals surface area contributed by atoms with Crippen LogP contribution >= 0.6 is 11.6 Å². The van der Waals surface area contributed by atoms with Crippen molar-refractivity contribution in [1.82, 2.24) is 15.2 Å². The third-order valence-electron chi connectivity index (χ3n) is 3.56. The Balaban J connectivity index is 2.10. The van der Waals surface area contributed by atoms with Gasteiger partial charge in [0.2, 0.25) is 0 Å². The highest BCUT2D eigenvalue weighted by Gasteiger charge is 2.14. The fourth-order valence-electron chi connectivity index (χ4n) is 2.33. The molecular weight excluding hydrogens is 291 g/mol. The minimum atomic E-state index is -0.333. The van der Waals surface area contributed by atoms with E-state index in [0.29, 0.717) is 11.4 Å². The van der Waals surface area contributed by atoms with E-state index in [1.54, 1.807) is 6.07 Å². The van der Waals surface area contributed by atoms with Crippen LogP contribution in [-0.4, -0.2) is 15.8 Å². The van der Waals surface area contributed by atoms with E-state index in [4.69, 9.17) is 17.4 Å². The molecule has 2 rings (SSSR count). The van der Waals surface area contributed by atoms with Gasteiger partial charge in [-0.3, -0.25) is 16.0 Å². The molecule has 0 aliphatic heterocycles. The third kappa shape index (κ3) is 4.03. The van der Waals surface area contributed by atoms with Crippen LogP contribution in [0, 0.1) is 5.82 Å². The molecule has 0 saturated carbocycles. The van der Waals surface area contributed by atoms with Crippen LogP contribution in [0.2, 0.25) is 5.02 Å². The van der Waals surface area contributed by atoms with Crippen molar-refractivity contribution in [2.24, 2.45) is 12.9 Å². The van der Waals surface area contributed by atoms with Gasteiger partial charge in [0.05, 0.1) is 5.69 Å². The van der Waals surface area contributed by atoms with Gasteiger partial charge >= 0.3 is 0 Å². The van der Waals surface area contributed by atoms with Crippen molar-refractivity contribution in [3.05, 3.63) is 52.1 Å². The van der Waals surface area contributed by atoms with Gasteiger partial charge in [-0.25, -0.2) is 4.39 Å². The first kappa shape index (κ1) is 15.9. The van der Waals surface area contributed by atoms with Crippen molar-refractivity contribution in [1.29, 1.82) is 0 Å². The van der Waals surface area contributed by atoms with Crippen LogP contribution in [-0.2, 0) is 26.3 Å². The maximum atomic E-state index is 13.1. The third-order valence-corrected chi connectivity index (χ3v) is 3.91. The number of nitrogens with two attached hydrogens (primary N) is 1. The number of hydrogen-bond acceptors (Lipinski definition) is 3. The molecule has 0 saturated heterocycles. The van der Waals surface area contributed by atoms with E-state index >= 15 is 0 Å². The summed E-state index contributed by atoms with van der Waals surface area (Å²) in [6.07, 6.45) is 2.26. The minimum Gasteiger partial charge on any atom is -0.272 e. The molecule has 0 aliphatic carbocycles. The molecule has 1 aromatic heterocycles. The Kier molecular flexibility index (Phi) is 5.33. The Morgan fingerprint density at radius 1 is 1.38 bits per heavy atom. The van der Waals surface area contributed by atoms with Crippen LogP contribution in [0.15, 0.2) is 24.3 Å². The predicted molar refractivity (Wildman–Crippen MR) is 82.5 cm³/mol. The van der Waals surface area contributed by atoms with Gasteiger partial charge in [0.15, 0.2) is 0 Å². The van der Waals surface area contributed by atoms with Crippen LogP contribution in [0.4, 0.5) is 4.39 Å². The smallest absolute Gasteiger partial charge is 0.124 e. The Hall–Kier alpha value is -1.43. The number of aromatic nitrogens is 2. The molecule has 1 aromatic carbocycles. The van der Waals surface area contributed by atoms with E-state index in [-0.39, 0.29) is 11.9 Å². The summed E-state index contributed by atoms with van der Waals surface area (Å²) >= 11 is 6.07. The maximum absolute atomic E-state index is 13.1. The van der Waals surface area contributed by atoms with Gasteiger partial charge in [0.1, 0.15) is 5.82 Å². The van der Waals surface area contributed by atoms with Crippen molar-refractivity contribution in [3.8, 4) is 0 Å². The van der Waals surface area contributed by atoms with E-state index in [9.17, 15) is 4.39 Å². The summed E-state index contributed by atoms with van der Waals surface area (Å²) in [5.41, 5.74) is 5.84. The second kappa shape index (κ2) is 7.02. The molecule has 3 N–H and O–H groups in total. The Morgan fingerprint density at radius 2 is 2.14 bits per heavy atom. The number of rotatable bonds is 6. The first-order chi connectivity index (χ1) is 10.0. The molecule has 1 heterocycles. The maximum Gasteiger partial charge on any atom is 0.124 e. The summed E-state index contributed by atoms with van der Waals surface area (Å²) in [6, 6.07) is 6.52. The zero-order chi connectivity index (χ0) is 15.4. The van der Waals surface area contributed by atoms with E-state index in [2.05, 4.69) is 23.5 Å². The number of halogens is 2. The van der Waals surface area contributed by atoms with Crippen LogP contribution in [0.25, 0.3) is 0 Å². The topological polar surface area (TPSA) is 55.9 Å². The molecule has 6 heteroatoms. The average molecular weight is 311 g/mol. The predicted octanol–water partition coefficient (Wildman–Crippen LogP) is 2.39. The molecule has 21 heavy (non-hydrogen) atoms. The van der Waals surface area contributed by atoms with E-state index in [1.807, 2.05) is 11.7 Å². The van der Waals surface area contributed by atoms with Crippen molar-refractivity contribution in [3.63, 3.8) is 0 Å². The molecule has 114 valence electrons. The number of hydrazine groups is 1. The number of nitrogens with zero attached hydrogens (tertiary/aromatic N) is 2. The molecule has 1 unspecified atom stereocenters. The Morgan fingerprint density at radius 3 is 2.71 bits per heavy atom. The summed E-state index contributed by atoms with van der Waals surface area (Å²) in [7, 11) is 1.92. The van der Waals surface area contributed by atoms with Gasteiger partial charge in [-0.15, -0.1) is 0 Å². The lowest BCUT2D eigenvalue weighted by atomic mass is 10.0. The van der Waals surface area contributed by atoms with Crippen molar-refractivity contribution >= 4 is 11.6 Å². The van der Waals surface area contributed by atoms with E-state index in [1.165, 1.54) is 12.1 Å². The lowest BCUT2D eigenvalue weighted by Crippen LogP contribution is -2.39. The fraction of sp³-hybridized carbons (Fsp3) is 0.400. The Bertz CT molecular complexity index is 612.